The third-order valence-electron chi connectivity index (χ3n) is 3.60. The lowest BCUT2D eigenvalue weighted by Crippen LogP contribution is -2.27. The molecule has 0 fully saturated rings. The van der Waals surface area contributed by atoms with Crippen molar-refractivity contribution < 1.29 is 9.32 Å². The van der Waals surface area contributed by atoms with Gasteiger partial charge in [-0.2, -0.15) is 4.98 Å². The van der Waals surface area contributed by atoms with Gasteiger partial charge in [0.1, 0.15) is 0 Å². The van der Waals surface area contributed by atoms with Gasteiger partial charge in [-0.15, -0.1) is 0 Å². The molecule has 0 saturated carbocycles. The van der Waals surface area contributed by atoms with E-state index < -0.39 is 0 Å². The first kappa shape index (κ1) is 15.0. The fourth-order valence-corrected chi connectivity index (χ4v) is 2.24. The zero-order valence-electron chi connectivity index (χ0n) is 12.8. The van der Waals surface area contributed by atoms with Crippen LogP contribution in [0, 0.1) is 0 Å². The zero-order chi connectivity index (χ0) is 16.1. The average Bonchev–Trinajstić information content (AvgIpc) is 3.09. The van der Waals surface area contributed by atoms with Crippen molar-refractivity contribution in [3.63, 3.8) is 0 Å². The molecule has 0 aliphatic heterocycles. The largest absolute Gasteiger partial charge is 0.348 e. The molecule has 0 bridgehead atoms. The molecule has 0 aliphatic rings. The molecule has 0 spiro atoms. The number of carbonyl (C=O) groups excluding carboxylic acids is 1. The predicted octanol–water partition coefficient (Wildman–Crippen LogP) is 3.16. The molecule has 0 unspecified atom stereocenters. The quantitative estimate of drug-likeness (QED) is 0.786. The summed E-state index contributed by atoms with van der Waals surface area (Å²) < 4.78 is 5.22. The number of carbonyl (C=O) groups is 1. The molecule has 3 rings (SSSR count). The van der Waals surface area contributed by atoms with E-state index in [2.05, 4.69) is 15.5 Å². The van der Waals surface area contributed by atoms with Gasteiger partial charge in [0, 0.05) is 5.56 Å². The van der Waals surface area contributed by atoms with E-state index in [1.54, 1.807) is 0 Å². The van der Waals surface area contributed by atoms with E-state index in [1.165, 1.54) is 0 Å². The number of aromatic nitrogens is 2. The Hall–Kier alpha value is -2.95. The molecule has 5 nitrogen and oxygen atoms in total. The van der Waals surface area contributed by atoms with Crippen LogP contribution >= 0.6 is 0 Å². The monoisotopic (exact) mass is 307 g/mol. The highest BCUT2D eigenvalue weighted by molar-refractivity contribution is 5.83. The molecule has 23 heavy (non-hydrogen) atoms. The van der Waals surface area contributed by atoms with Gasteiger partial charge >= 0.3 is 0 Å². The lowest BCUT2D eigenvalue weighted by molar-refractivity contribution is -0.122. The Bertz CT molecular complexity index is 769. The highest BCUT2D eigenvalue weighted by Crippen LogP contribution is 2.17. The fourth-order valence-electron chi connectivity index (χ4n) is 2.24. The van der Waals surface area contributed by atoms with Crippen LogP contribution in [0.15, 0.2) is 65.2 Å². The lowest BCUT2D eigenvalue weighted by atomic mass is 10.0. The van der Waals surface area contributed by atoms with Crippen LogP contribution in [0.2, 0.25) is 0 Å². The number of benzene rings is 2. The molecule has 1 atom stereocenters. The third kappa shape index (κ3) is 3.63. The second-order valence-corrected chi connectivity index (χ2v) is 5.23. The van der Waals surface area contributed by atoms with E-state index in [0.29, 0.717) is 11.7 Å². The maximum atomic E-state index is 12.2. The Morgan fingerprint density at radius 3 is 2.43 bits per heavy atom. The van der Waals surface area contributed by atoms with Gasteiger partial charge in [0.05, 0.1) is 12.5 Å². The van der Waals surface area contributed by atoms with Crippen molar-refractivity contribution in [1.82, 2.24) is 15.5 Å². The minimum Gasteiger partial charge on any atom is -0.348 e. The average molecular weight is 307 g/mol. The Kier molecular flexibility index (Phi) is 4.47. The molecule has 0 radical (unpaired) electrons. The van der Waals surface area contributed by atoms with E-state index in [0.717, 1.165) is 11.1 Å². The topological polar surface area (TPSA) is 68.0 Å². The first-order chi connectivity index (χ1) is 11.2. The summed E-state index contributed by atoms with van der Waals surface area (Å²) in [5.41, 5.74) is 1.83. The summed E-state index contributed by atoms with van der Waals surface area (Å²) in [5, 5.41) is 6.73. The van der Waals surface area contributed by atoms with Crippen LogP contribution in [-0.2, 0) is 11.3 Å². The Labute approximate surface area is 134 Å². The molecule has 116 valence electrons. The number of nitrogens with one attached hydrogen (secondary N) is 1. The molecule has 1 heterocycles. The number of rotatable bonds is 5. The van der Waals surface area contributed by atoms with Crippen LogP contribution in [0.25, 0.3) is 11.5 Å². The van der Waals surface area contributed by atoms with Crippen LogP contribution in [-0.4, -0.2) is 16.0 Å². The van der Waals surface area contributed by atoms with E-state index >= 15 is 0 Å². The second kappa shape index (κ2) is 6.87. The molecule has 3 aromatic rings. The van der Waals surface area contributed by atoms with Crippen LogP contribution in [0.3, 0.4) is 0 Å². The van der Waals surface area contributed by atoms with E-state index in [9.17, 15) is 4.79 Å². The van der Waals surface area contributed by atoms with Crippen molar-refractivity contribution in [2.45, 2.75) is 19.4 Å². The molecular formula is C18H17N3O2. The van der Waals surface area contributed by atoms with Gasteiger partial charge in [-0.05, 0) is 24.6 Å². The number of amides is 1. The number of nitrogens with zero attached hydrogens (tertiary/aromatic N) is 2. The van der Waals surface area contributed by atoms with Crippen LogP contribution in [0.1, 0.15) is 24.2 Å². The molecule has 0 saturated heterocycles. The maximum Gasteiger partial charge on any atom is 0.257 e. The van der Waals surface area contributed by atoms with Gasteiger partial charge in [0.2, 0.25) is 5.91 Å². The fraction of sp³-hybridized carbons (Fsp3) is 0.167. The Balaban J connectivity index is 1.61. The summed E-state index contributed by atoms with van der Waals surface area (Å²) in [6.07, 6.45) is 0. The molecule has 1 amide bonds. The van der Waals surface area contributed by atoms with Gasteiger partial charge in [0.25, 0.3) is 5.89 Å². The van der Waals surface area contributed by atoms with Gasteiger partial charge in [-0.1, -0.05) is 53.7 Å². The maximum absolute atomic E-state index is 12.2. The first-order valence-corrected chi connectivity index (χ1v) is 7.44. The van der Waals surface area contributed by atoms with E-state index in [-0.39, 0.29) is 18.4 Å². The highest BCUT2D eigenvalue weighted by Gasteiger charge is 2.16. The van der Waals surface area contributed by atoms with Crippen molar-refractivity contribution in [2.75, 3.05) is 0 Å². The molecule has 0 aliphatic carbocycles. The Morgan fingerprint density at radius 1 is 1.09 bits per heavy atom. The lowest BCUT2D eigenvalue weighted by Gasteiger charge is -2.11. The summed E-state index contributed by atoms with van der Waals surface area (Å²) in [6.45, 7) is 2.11. The third-order valence-corrected chi connectivity index (χ3v) is 3.60. The van der Waals surface area contributed by atoms with Gasteiger partial charge < -0.3 is 9.84 Å². The predicted molar refractivity (Wildman–Crippen MR) is 86.4 cm³/mol. The smallest absolute Gasteiger partial charge is 0.257 e. The summed E-state index contributed by atoms with van der Waals surface area (Å²) in [5.74, 6) is 0.613. The minimum atomic E-state index is -0.225. The second-order valence-electron chi connectivity index (χ2n) is 5.23. The summed E-state index contributed by atoms with van der Waals surface area (Å²) in [7, 11) is 0. The minimum absolute atomic E-state index is 0.0674. The van der Waals surface area contributed by atoms with Crippen LogP contribution in [0.4, 0.5) is 0 Å². The Morgan fingerprint density at radius 2 is 1.74 bits per heavy atom. The normalized spacial score (nSPS) is 11.9. The van der Waals surface area contributed by atoms with Gasteiger partial charge in [-0.3, -0.25) is 4.79 Å². The summed E-state index contributed by atoms with van der Waals surface area (Å²) in [4.78, 5) is 16.5. The molecule has 2 aromatic carbocycles. The molecule has 1 aromatic heterocycles. The zero-order valence-corrected chi connectivity index (χ0v) is 12.8. The van der Waals surface area contributed by atoms with E-state index in [4.69, 9.17) is 4.52 Å². The van der Waals surface area contributed by atoms with E-state index in [1.807, 2.05) is 67.6 Å². The molecule has 1 N–H and O–H groups in total. The first-order valence-electron chi connectivity index (χ1n) is 7.44. The number of hydrogen-bond acceptors (Lipinski definition) is 4. The van der Waals surface area contributed by atoms with Crippen LogP contribution in [0.5, 0.6) is 0 Å². The van der Waals surface area contributed by atoms with Crippen molar-refractivity contribution in [1.29, 1.82) is 0 Å². The number of hydrogen-bond donors (Lipinski definition) is 1. The molecule has 5 heteroatoms. The highest BCUT2D eigenvalue weighted by atomic mass is 16.5. The van der Waals surface area contributed by atoms with Crippen molar-refractivity contribution in [3.8, 4) is 11.5 Å². The molecular weight excluding hydrogens is 290 g/mol. The van der Waals surface area contributed by atoms with Gasteiger partial charge in [-0.25, -0.2) is 0 Å². The SMILES string of the molecule is C[C@H](C(=O)NCc1noc(-c2ccccc2)n1)c1ccccc1. The standard InChI is InChI=1S/C18H17N3O2/c1-13(14-8-4-2-5-9-14)17(22)19-12-16-20-18(23-21-16)15-10-6-3-7-11-15/h2-11,13H,12H2,1H3,(H,19,22)/t13-/m0/s1. The van der Waals surface area contributed by atoms with Crippen molar-refractivity contribution in [2.24, 2.45) is 0 Å². The summed E-state index contributed by atoms with van der Waals surface area (Å²) >= 11 is 0. The summed E-state index contributed by atoms with van der Waals surface area (Å²) in [6, 6.07) is 19.2. The van der Waals surface area contributed by atoms with Crippen LogP contribution < -0.4 is 5.32 Å². The van der Waals surface area contributed by atoms with Crippen molar-refractivity contribution in [3.05, 3.63) is 72.1 Å². The van der Waals surface area contributed by atoms with Crippen molar-refractivity contribution >= 4 is 5.91 Å². The van der Waals surface area contributed by atoms with Gasteiger partial charge in [0.15, 0.2) is 5.82 Å².